The lowest BCUT2D eigenvalue weighted by Crippen LogP contribution is -2.43. The van der Waals surface area contributed by atoms with Crippen molar-refractivity contribution in [1.29, 1.82) is 0 Å². The van der Waals surface area contributed by atoms with Crippen LogP contribution in [0.15, 0.2) is 17.5 Å². The maximum atomic E-state index is 12.1. The standard InChI is InChI=1S/C17H29N3O2S/c18-8-4-2-1-3-7-17(21)19-14-15(16-6-5-13-23-16)20-9-11-22-12-10-20/h5-6,13,15H,1-4,7-12,14,18H2,(H,19,21). The maximum Gasteiger partial charge on any atom is 0.220 e. The number of nitrogens with zero attached hydrogens (tertiary/aromatic N) is 1. The fourth-order valence-corrected chi connectivity index (χ4v) is 3.72. The summed E-state index contributed by atoms with van der Waals surface area (Å²) in [4.78, 5) is 15.8. The van der Waals surface area contributed by atoms with Crippen molar-refractivity contribution in [2.24, 2.45) is 5.73 Å². The van der Waals surface area contributed by atoms with Gasteiger partial charge in [-0.1, -0.05) is 18.9 Å². The lowest BCUT2D eigenvalue weighted by molar-refractivity contribution is -0.121. The van der Waals surface area contributed by atoms with Gasteiger partial charge in [-0.3, -0.25) is 9.69 Å². The molecule has 1 atom stereocenters. The number of ether oxygens (including phenoxy) is 1. The maximum absolute atomic E-state index is 12.1. The van der Waals surface area contributed by atoms with Crippen molar-refractivity contribution in [2.75, 3.05) is 39.4 Å². The molecular formula is C17H29N3O2S. The van der Waals surface area contributed by atoms with Gasteiger partial charge >= 0.3 is 0 Å². The van der Waals surface area contributed by atoms with Gasteiger partial charge in [-0.25, -0.2) is 0 Å². The number of nitrogens with two attached hydrogens (primary N) is 1. The fourth-order valence-electron chi connectivity index (χ4n) is 2.86. The molecule has 1 amide bonds. The van der Waals surface area contributed by atoms with E-state index >= 15 is 0 Å². The number of unbranched alkanes of at least 4 members (excludes halogenated alkanes) is 3. The zero-order chi connectivity index (χ0) is 16.3. The molecule has 0 aromatic carbocycles. The number of hydrogen-bond donors (Lipinski definition) is 2. The highest BCUT2D eigenvalue weighted by molar-refractivity contribution is 7.10. The Kier molecular flexibility index (Phi) is 8.60. The van der Waals surface area contributed by atoms with E-state index in [2.05, 4.69) is 27.7 Å². The predicted octanol–water partition coefficient (Wildman–Crippen LogP) is 2.15. The zero-order valence-corrected chi connectivity index (χ0v) is 14.7. The van der Waals surface area contributed by atoms with Crippen molar-refractivity contribution in [3.8, 4) is 0 Å². The molecule has 1 aromatic rings. The lowest BCUT2D eigenvalue weighted by atomic mass is 10.1. The second kappa shape index (κ2) is 10.8. The molecule has 2 heterocycles. The summed E-state index contributed by atoms with van der Waals surface area (Å²) in [5.74, 6) is 0.160. The van der Waals surface area contributed by atoms with Crippen LogP contribution in [0.4, 0.5) is 0 Å². The van der Waals surface area contributed by atoms with Crippen LogP contribution >= 0.6 is 11.3 Å². The Morgan fingerprint density at radius 1 is 1.30 bits per heavy atom. The van der Waals surface area contributed by atoms with E-state index in [1.807, 2.05) is 0 Å². The van der Waals surface area contributed by atoms with Gasteiger partial charge in [0, 0.05) is 30.9 Å². The molecule has 130 valence electrons. The molecule has 0 saturated carbocycles. The summed E-state index contributed by atoms with van der Waals surface area (Å²) < 4.78 is 5.44. The molecule has 0 radical (unpaired) electrons. The van der Waals surface area contributed by atoms with Crippen LogP contribution in [0.1, 0.15) is 43.0 Å². The summed E-state index contributed by atoms with van der Waals surface area (Å²) in [6, 6.07) is 4.50. The number of amides is 1. The zero-order valence-electron chi connectivity index (χ0n) is 13.8. The van der Waals surface area contributed by atoms with E-state index in [0.717, 1.165) is 58.5 Å². The number of carbonyl (C=O) groups is 1. The van der Waals surface area contributed by atoms with Crippen molar-refractivity contribution in [1.82, 2.24) is 10.2 Å². The molecule has 1 saturated heterocycles. The van der Waals surface area contributed by atoms with E-state index < -0.39 is 0 Å². The normalized spacial score (nSPS) is 17.1. The van der Waals surface area contributed by atoms with Gasteiger partial charge < -0.3 is 15.8 Å². The van der Waals surface area contributed by atoms with Gasteiger partial charge in [0.15, 0.2) is 0 Å². The van der Waals surface area contributed by atoms with Gasteiger partial charge in [0.25, 0.3) is 0 Å². The molecule has 0 aliphatic carbocycles. The number of nitrogens with one attached hydrogen (secondary N) is 1. The van der Waals surface area contributed by atoms with Gasteiger partial charge in [0.05, 0.1) is 19.3 Å². The Hall–Kier alpha value is -0.950. The average molecular weight is 340 g/mol. The van der Waals surface area contributed by atoms with Crippen LogP contribution in [-0.4, -0.2) is 50.2 Å². The average Bonchev–Trinajstić information content (AvgIpc) is 3.10. The molecule has 0 bridgehead atoms. The van der Waals surface area contributed by atoms with Crippen LogP contribution in [0.3, 0.4) is 0 Å². The number of morpholine rings is 1. The topological polar surface area (TPSA) is 67.6 Å². The van der Waals surface area contributed by atoms with Crippen molar-refractivity contribution in [3.05, 3.63) is 22.4 Å². The van der Waals surface area contributed by atoms with E-state index in [9.17, 15) is 4.79 Å². The van der Waals surface area contributed by atoms with Gasteiger partial charge in [-0.15, -0.1) is 11.3 Å². The predicted molar refractivity (Wildman–Crippen MR) is 94.6 cm³/mol. The quantitative estimate of drug-likeness (QED) is 0.641. The highest BCUT2D eigenvalue weighted by atomic mass is 32.1. The minimum Gasteiger partial charge on any atom is -0.379 e. The second-order valence-corrected chi connectivity index (χ2v) is 6.92. The Morgan fingerprint density at radius 3 is 2.78 bits per heavy atom. The van der Waals surface area contributed by atoms with E-state index in [0.29, 0.717) is 13.0 Å². The van der Waals surface area contributed by atoms with Crippen molar-refractivity contribution in [3.63, 3.8) is 0 Å². The third kappa shape index (κ3) is 6.59. The molecular weight excluding hydrogens is 310 g/mol. The Bertz CT molecular complexity index is 433. The van der Waals surface area contributed by atoms with E-state index in [4.69, 9.17) is 10.5 Å². The Morgan fingerprint density at radius 2 is 2.09 bits per heavy atom. The molecule has 0 spiro atoms. The molecule has 1 aliphatic rings. The summed E-state index contributed by atoms with van der Waals surface area (Å²) in [6.07, 6.45) is 4.83. The number of rotatable bonds is 10. The van der Waals surface area contributed by atoms with Crippen LogP contribution in [-0.2, 0) is 9.53 Å². The summed E-state index contributed by atoms with van der Waals surface area (Å²) in [7, 11) is 0. The first-order valence-electron chi connectivity index (χ1n) is 8.63. The molecule has 1 fully saturated rings. The van der Waals surface area contributed by atoms with Crippen LogP contribution < -0.4 is 11.1 Å². The van der Waals surface area contributed by atoms with Crippen molar-refractivity contribution in [2.45, 2.75) is 38.1 Å². The number of carbonyl (C=O) groups excluding carboxylic acids is 1. The van der Waals surface area contributed by atoms with E-state index in [1.54, 1.807) is 11.3 Å². The molecule has 3 N–H and O–H groups in total. The van der Waals surface area contributed by atoms with Crippen molar-refractivity contribution >= 4 is 17.2 Å². The summed E-state index contributed by atoms with van der Waals surface area (Å²) >= 11 is 1.76. The Labute approximate surface area is 143 Å². The van der Waals surface area contributed by atoms with E-state index in [-0.39, 0.29) is 11.9 Å². The highest BCUT2D eigenvalue weighted by Crippen LogP contribution is 2.25. The molecule has 2 rings (SSSR count). The van der Waals surface area contributed by atoms with Crippen LogP contribution in [0, 0.1) is 0 Å². The first kappa shape index (κ1) is 18.4. The lowest BCUT2D eigenvalue weighted by Gasteiger charge is -2.34. The summed E-state index contributed by atoms with van der Waals surface area (Å²) in [6.45, 7) is 4.83. The smallest absolute Gasteiger partial charge is 0.220 e. The molecule has 6 heteroatoms. The van der Waals surface area contributed by atoms with Gasteiger partial charge in [0.1, 0.15) is 0 Å². The fraction of sp³-hybridized carbons (Fsp3) is 0.706. The minimum absolute atomic E-state index is 0.160. The number of thiophene rings is 1. The van der Waals surface area contributed by atoms with Gasteiger partial charge in [0.2, 0.25) is 5.91 Å². The van der Waals surface area contributed by atoms with Crippen LogP contribution in [0.2, 0.25) is 0 Å². The van der Waals surface area contributed by atoms with Gasteiger partial charge in [-0.05, 0) is 30.8 Å². The molecule has 1 unspecified atom stereocenters. The van der Waals surface area contributed by atoms with E-state index in [1.165, 1.54) is 4.88 Å². The van der Waals surface area contributed by atoms with Gasteiger partial charge in [-0.2, -0.15) is 0 Å². The summed E-state index contributed by atoms with van der Waals surface area (Å²) in [5.41, 5.74) is 5.48. The SMILES string of the molecule is NCCCCCCC(=O)NCC(c1cccs1)N1CCOCC1. The summed E-state index contributed by atoms with van der Waals surface area (Å²) in [5, 5.41) is 5.22. The van der Waals surface area contributed by atoms with Crippen molar-refractivity contribution < 1.29 is 9.53 Å². The van der Waals surface area contributed by atoms with Crippen LogP contribution in [0.5, 0.6) is 0 Å². The monoisotopic (exact) mass is 339 g/mol. The molecule has 1 aliphatic heterocycles. The molecule has 5 nitrogen and oxygen atoms in total. The van der Waals surface area contributed by atoms with Crippen LogP contribution in [0.25, 0.3) is 0 Å². The number of hydrogen-bond acceptors (Lipinski definition) is 5. The first-order chi connectivity index (χ1) is 11.3. The molecule has 23 heavy (non-hydrogen) atoms. The Balaban J connectivity index is 1.75. The second-order valence-electron chi connectivity index (χ2n) is 5.94. The third-order valence-electron chi connectivity index (χ3n) is 4.21. The largest absolute Gasteiger partial charge is 0.379 e. The first-order valence-corrected chi connectivity index (χ1v) is 9.51. The third-order valence-corrected chi connectivity index (χ3v) is 5.18. The highest BCUT2D eigenvalue weighted by Gasteiger charge is 2.23. The minimum atomic E-state index is 0.160. The molecule has 1 aromatic heterocycles.